The van der Waals surface area contributed by atoms with Crippen molar-refractivity contribution in [2.75, 3.05) is 26.2 Å². The molecule has 5 nitrogen and oxygen atoms in total. The number of aliphatic imine (C=N–C) groups is 1. The second-order valence-corrected chi connectivity index (χ2v) is 6.52. The number of hydrogen-bond donors (Lipinski definition) is 2. The van der Waals surface area contributed by atoms with Crippen LogP contribution < -0.4 is 15.8 Å². The molecule has 1 fully saturated rings. The van der Waals surface area contributed by atoms with Crippen molar-refractivity contribution in [2.24, 2.45) is 10.7 Å². The number of guanidine groups is 1. The van der Waals surface area contributed by atoms with Crippen molar-refractivity contribution in [3.63, 3.8) is 0 Å². The van der Waals surface area contributed by atoms with Gasteiger partial charge in [0, 0.05) is 12.6 Å². The summed E-state index contributed by atoms with van der Waals surface area (Å²) >= 11 is 6.14. The Bertz CT molecular complexity index is 538. The van der Waals surface area contributed by atoms with Crippen LogP contribution in [0.25, 0.3) is 0 Å². The van der Waals surface area contributed by atoms with Crippen molar-refractivity contribution in [1.82, 2.24) is 10.2 Å². The number of para-hydroxylation sites is 1. The highest BCUT2D eigenvalue weighted by Gasteiger charge is 2.22. The van der Waals surface area contributed by atoms with Gasteiger partial charge in [-0.2, -0.15) is 0 Å². The summed E-state index contributed by atoms with van der Waals surface area (Å²) in [5.74, 6) is 1.18. The Balaban J connectivity index is 1.80. The van der Waals surface area contributed by atoms with E-state index < -0.39 is 0 Å². The average Bonchev–Trinajstić information content (AvgIpc) is 3.05. The van der Waals surface area contributed by atoms with Gasteiger partial charge in [0.25, 0.3) is 0 Å². The van der Waals surface area contributed by atoms with Crippen LogP contribution in [-0.2, 0) is 0 Å². The number of nitrogens with one attached hydrogen (secondary N) is 1. The molecule has 0 aromatic heterocycles. The van der Waals surface area contributed by atoms with E-state index in [1.54, 1.807) is 0 Å². The topological polar surface area (TPSA) is 62.9 Å². The summed E-state index contributed by atoms with van der Waals surface area (Å²) in [6.07, 6.45) is 3.29. The number of likely N-dealkylation sites (N-methyl/N-ethyl adjacent to an activating group) is 1. The standard InChI is InChI=1S/C18H29ClN4O/c1-3-15(24-17-10-6-5-9-16(17)19)13-22-18(20)21-12-14-8-7-11-23(14)4-2/h5-6,9-10,14-15H,3-4,7-8,11-13H2,1-2H3,(H3,20,21,22). The lowest BCUT2D eigenvalue weighted by atomic mass is 10.2. The highest BCUT2D eigenvalue weighted by molar-refractivity contribution is 6.32. The Hall–Kier alpha value is -1.46. The van der Waals surface area contributed by atoms with Crippen molar-refractivity contribution >= 4 is 17.6 Å². The first kappa shape index (κ1) is 18.9. The molecule has 2 atom stereocenters. The number of hydrogen-bond acceptors (Lipinski definition) is 3. The fraction of sp³-hybridized carbons (Fsp3) is 0.611. The van der Waals surface area contributed by atoms with E-state index in [1.165, 1.54) is 19.4 Å². The first-order valence-electron chi connectivity index (χ1n) is 8.83. The molecular formula is C18H29ClN4O. The van der Waals surface area contributed by atoms with Gasteiger partial charge in [0.05, 0.1) is 11.6 Å². The number of rotatable bonds is 8. The van der Waals surface area contributed by atoms with Crippen LogP contribution in [0.15, 0.2) is 29.3 Å². The van der Waals surface area contributed by atoms with E-state index in [1.807, 2.05) is 24.3 Å². The third kappa shape index (κ3) is 5.56. The lowest BCUT2D eigenvalue weighted by Crippen LogP contribution is -2.43. The van der Waals surface area contributed by atoms with E-state index >= 15 is 0 Å². The first-order valence-corrected chi connectivity index (χ1v) is 9.20. The minimum absolute atomic E-state index is 0.0381. The van der Waals surface area contributed by atoms with Crippen LogP contribution in [0.1, 0.15) is 33.1 Å². The Kier molecular flexibility index (Phi) is 7.66. The molecule has 2 unspecified atom stereocenters. The zero-order chi connectivity index (χ0) is 17.4. The number of nitrogens with two attached hydrogens (primary N) is 1. The van der Waals surface area contributed by atoms with Gasteiger partial charge in [-0.15, -0.1) is 0 Å². The smallest absolute Gasteiger partial charge is 0.188 e. The zero-order valence-corrected chi connectivity index (χ0v) is 15.4. The second kappa shape index (κ2) is 9.74. The molecule has 1 aliphatic rings. The summed E-state index contributed by atoms with van der Waals surface area (Å²) in [5.41, 5.74) is 6.00. The normalized spacial score (nSPS) is 20.1. The number of halogens is 1. The molecule has 0 bridgehead atoms. The molecule has 0 amide bonds. The average molecular weight is 353 g/mol. The molecule has 1 aromatic carbocycles. The molecule has 1 heterocycles. The van der Waals surface area contributed by atoms with E-state index in [0.29, 0.717) is 29.3 Å². The highest BCUT2D eigenvalue weighted by Crippen LogP contribution is 2.24. The zero-order valence-electron chi connectivity index (χ0n) is 14.7. The summed E-state index contributed by atoms with van der Waals surface area (Å²) in [5, 5.41) is 3.87. The molecule has 0 aliphatic carbocycles. The number of nitrogens with zero attached hydrogens (tertiary/aromatic N) is 2. The van der Waals surface area contributed by atoms with Crippen LogP contribution in [-0.4, -0.2) is 49.2 Å². The van der Waals surface area contributed by atoms with Gasteiger partial charge in [0.1, 0.15) is 11.9 Å². The van der Waals surface area contributed by atoms with Crippen LogP contribution in [0.2, 0.25) is 5.02 Å². The van der Waals surface area contributed by atoms with Crippen LogP contribution in [0.5, 0.6) is 5.75 Å². The molecular weight excluding hydrogens is 324 g/mol. The van der Waals surface area contributed by atoms with Gasteiger partial charge >= 0.3 is 0 Å². The summed E-state index contributed by atoms with van der Waals surface area (Å²) in [6.45, 7) is 7.91. The van der Waals surface area contributed by atoms with Crippen molar-refractivity contribution in [3.8, 4) is 5.75 Å². The molecule has 0 saturated carbocycles. The van der Waals surface area contributed by atoms with Crippen LogP contribution in [0, 0.1) is 0 Å². The largest absolute Gasteiger partial charge is 0.487 e. The number of benzene rings is 1. The fourth-order valence-electron chi connectivity index (χ4n) is 2.99. The highest BCUT2D eigenvalue weighted by atomic mass is 35.5. The van der Waals surface area contributed by atoms with Gasteiger partial charge in [-0.05, 0) is 44.5 Å². The van der Waals surface area contributed by atoms with Crippen molar-refractivity contribution < 1.29 is 4.74 Å². The quantitative estimate of drug-likeness (QED) is 0.558. The van der Waals surface area contributed by atoms with E-state index in [-0.39, 0.29) is 6.10 Å². The Morgan fingerprint density at radius 3 is 2.96 bits per heavy atom. The molecule has 2 rings (SSSR count). The fourth-order valence-corrected chi connectivity index (χ4v) is 3.17. The van der Waals surface area contributed by atoms with Crippen molar-refractivity contribution in [2.45, 2.75) is 45.3 Å². The van der Waals surface area contributed by atoms with E-state index in [9.17, 15) is 0 Å². The predicted molar refractivity (Wildman–Crippen MR) is 101 cm³/mol. The molecule has 134 valence electrons. The molecule has 24 heavy (non-hydrogen) atoms. The predicted octanol–water partition coefficient (Wildman–Crippen LogP) is 2.89. The van der Waals surface area contributed by atoms with E-state index in [4.69, 9.17) is 22.1 Å². The maximum absolute atomic E-state index is 6.14. The summed E-state index contributed by atoms with van der Waals surface area (Å²) < 4.78 is 5.93. The van der Waals surface area contributed by atoms with Gasteiger partial charge in [-0.1, -0.05) is 37.6 Å². The monoisotopic (exact) mass is 352 g/mol. The maximum Gasteiger partial charge on any atom is 0.188 e. The molecule has 1 saturated heterocycles. The molecule has 6 heteroatoms. The molecule has 0 spiro atoms. The van der Waals surface area contributed by atoms with Gasteiger partial charge < -0.3 is 15.8 Å². The lowest BCUT2D eigenvalue weighted by molar-refractivity contribution is 0.206. The number of ether oxygens (including phenoxy) is 1. The SMILES string of the molecule is CCC(CN=C(N)NCC1CCCN1CC)Oc1ccccc1Cl. The first-order chi connectivity index (χ1) is 11.6. The van der Waals surface area contributed by atoms with Crippen LogP contribution in [0.3, 0.4) is 0 Å². The molecule has 1 aliphatic heterocycles. The van der Waals surface area contributed by atoms with E-state index in [0.717, 1.165) is 19.5 Å². The minimum atomic E-state index is -0.0381. The molecule has 1 aromatic rings. The molecule has 0 radical (unpaired) electrons. The number of likely N-dealkylation sites (tertiary alicyclic amines) is 1. The summed E-state index contributed by atoms with van der Waals surface area (Å²) in [4.78, 5) is 6.91. The third-order valence-electron chi connectivity index (χ3n) is 4.47. The summed E-state index contributed by atoms with van der Waals surface area (Å²) in [6, 6.07) is 8.05. The molecule has 3 N–H and O–H groups in total. The van der Waals surface area contributed by atoms with Crippen LogP contribution in [0.4, 0.5) is 0 Å². The van der Waals surface area contributed by atoms with Crippen molar-refractivity contribution in [1.29, 1.82) is 0 Å². The lowest BCUT2D eigenvalue weighted by Gasteiger charge is -2.23. The minimum Gasteiger partial charge on any atom is -0.487 e. The van der Waals surface area contributed by atoms with Gasteiger partial charge in [-0.25, -0.2) is 4.99 Å². The third-order valence-corrected chi connectivity index (χ3v) is 4.79. The van der Waals surface area contributed by atoms with Gasteiger partial charge in [-0.3, -0.25) is 4.90 Å². The second-order valence-electron chi connectivity index (χ2n) is 6.11. The van der Waals surface area contributed by atoms with Crippen LogP contribution >= 0.6 is 11.6 Å². The maximum atomic E-state index is 6.14. The van der Waals surface area contributed by atoms with Crippen molar-refractivity contribution in [3.05, 3.63) is 29.3 Å². The Morgan fingerprint density at radius 2 is 2.25 bits per heavy atom. The Labute approximate surface area is 150 Å². The van der Waals surface area contributed by atoms with E-state index in [2.05, 4.69) is 29.1 Å². The van der Waals surface area contributed by atoms with Gasteiger partial charge in [0.2, 0.25) is 0 Å². The summed E-state index contributed by atoms with van der Waals surface area (Å²) in [7, 11) is 0. The Morgan fingerprint density at radius 1 is 1.46 bits per heavy atom. The van der Waals surface area contributed by atoms with Gasteiger partial charge in [0.15, 0.2) is 5.96 Å².